The zero-order valence-electron chi connectivity index (χ0n) is 9.06. The van der Waals surface area contributed by atoms with Crippen molar-refractivity contribution < 1.29 is 9.59 Å². The number of hydrogen-bond acceptors (Lipinski definition) is 4. The van der Waals surface area contributed by atoms with Gasteiger partial charge in [-0.15, -0.1) is 0 Å². The molecule has 1 saturated carbocycles. The molecule has 0 aromatic carbocycles. The van der Waals surface area contributed by atoms with Crippen LogP contribution in [0.15, 0.2) is 0 Å². The number of nitriles is 1. The summed E-state index contributed by atoms with van der Waals surface area (Å²) in [5, 5.41) is 8.76. The monoisotopic (exact) mass is 221 g/mol. The number of nitrogens with zero attached hydrogens (tertiary/aromatic N) is 2. The Morgan fingerprint density at radius 3 is 2.44 bits per heavy atom. The van der Waals surface area contributed by atoms with Gasteiger partial charge in [0.2, 0.25) is 5.78 Å². The van der Waals surface area contributed by atoms with Crippen LogP contribution in [0, 0.1) is 23.2 Å². The molecule has 2 aliphatic rings. The molecule has 16 heavy (non-hydrogen) atoms. The molecule has 2 rings (SSSR count). The molecule has 1 aliphatic heterocycles. The largest absolute Gasteiger partial charge is 0.363 e. The molecule has 5 heteroatoms. The lowest BCUT2D eigenvalue weighted by molar-refractivity contribution is -0.137. The number of nitrogens with two attached hydrogens (primary N) is 1. The second kappa shape index (κ2) is 4.22. The fourth-order valence-corrected chi connectivity index (χ4v) is 2.41. The van der Waals surface area contributed by atoms with E-state index in [0.717, 1.165) is 32.4 Å². The van der Waals surface area contributed by atoms with Crippen LogP contribution in [0.5, 0.6) is 0 Å². The van der Waals surface area contributed by atoms with Crippen LogP contribution in [0.4, 0.5) is 0 Å². The van der Waals surface area contributed by atoms with Crippen molar-refractivity contribution in [2.45, 2.75) is 25.3 Å². The maximum atomic E-state index is 11.3. The van der Waals surface area contributed by atoms with Gasteiger partial charge in [0.25, 0.3) is 5.91 Å². The molecule has 0 unspecified atom stereocenters. The summed E-state index contributed by atoms with van der Waals surface area (Å²) in [6.45, 7) is 1.71. The molecule has 2 N–H and O–H groups in total. The minimum absolute atomic E-state index is 0.153. The zero-order chi connectivity index (χ0) is 11.7. The summed E-state index contributed by atoms with van der Waals surface area (Å²) < 4.78 is 0. The molecule has 1 heterocycles. The first-order valence-corrected chi connectivity index (χ1v) is 5.60. The van der Waals surface area contributed by atoms with E-state index >= 15 is 0 Å². The fraction of sp³-hybridized carbons (Fsp3) is 0.727. The van der Waals surface area contributed by atoms with Crippen LogP contribution in [0.2, 0.25) is 0 Å². The molecule has 86 valence electrons. The molecule has 2 fully saturated rings. The van der Waals surface area contributed by atoms with Crippen LogP contribution in [0.25, 0.3) is 0 Å². The van der Waals surface area contributed by atoms with E-state index in [4.69, 9.17) is 11.0 Å². The highest BCUT2D eigenvalue weighted by atomic mass is 16.2. The molecule has 0 bridgehead atoms. The molecule has 0 radical (unpaired) electrons. The summed E-state index contributed by atoms with van der Waals surface area (Å²) in [6.07, 6.45) is 2.48. The van der Waals surface area contributed by atoms with E-state index in [1.54, 1.807) is 0 Å². The van der Waals surface area contributed by atoms with Gasteiger partial charge in [0, 0.05) is 17.9 Å². The van der Waals surface area contributed by atoms with Crippen LogP contribution in [-0.4, -0.2) is 35.7 Å². The van der Waals surface area contributed by atoms with E-state index in [1.807, 2.05) is 0 Å². The van der Waals surface area contributed by atoms with Gasteiger partial charge in [-0.25, -0.2) is 0 Å². The number of primary amides is 1. The number of likely N-dealkylation sites (tertiary alicyclic amines) is 1. The Kier molecular flexibility index (Phi) is 2.92. The Labute approximate surface area is 94.2 Å². The summed E-state index contributed by atoms with van der Waals surface area (Å²) in [7, 11) is 0. The number of piperidine rings is 1. The van der Waals surface area contributed by atoms with Crippen molar-refractivity contribution in [1.82, 2.24) is 4.90 Å². The van der Waals surface area contributed by atoms with Crippen molar-refractivity contribution in [3.05, 3.63) is 0 Å². The van der Waals surface area contributed by atoms with Gasteiger partial charge in [0.05, 0.1) is 6.07 Å². The summed E-state index contributed by atoms with van der Waals surface area (Å²) in [6, 6.07) is 2.46. The molecule has 0 spiro atoms. The summed E-state index contributed by atoms with van der Waals surface area (Å²) in [5.41, 5.74) is 4.96. The number of hydrogen-bond donors (Lipinski definition) is 1. The van der Waals surface area contributed by atoms with Gasteiger partial charge in [-0.3, -0.25) is 14.5 Å². The maximum Gasteiger partial charge on any atom is 0.285 e. The standard InChI is InChI=1S/C11H15N3O2/c12-6-7-1-3-14(4-2-7)9-5-8(9)10(15)11(13)16/h7-9H,1-5H2,(H2,13,16)/t8-,9-/m1/s1. The van der Waals surface area contributed by atoms with Crippen molar-refractivity contribution in [2.75, 3.05) is 13.1 Å². The second-order valence-electron chi connectivity index (χ2n) is 4.58. The highest BCUT2D eigenvalue weighted by Gasteiger charge is 2.48. The number of ketones is 1. The van der Waals surface area contributed by atoms with E-state index in [0.29, 0.717) is 0 Å². The van der Waals surface area contributed by atoms with Crippen molar-refractivity contribution in [3.8, 4) is 6.07 Å². The van der Waals surface area contributed by atoms with Gasteiger partial charge in [-0.05, 0) is 32.4 Å². The smallest absolute Gasteiger partial charge is 0.285 e. The van der Waals surface area contributed by atoms with Gasteiger partial charge in [-0.1, -0.05) is 0 Å². The average molecular weight is 221 g/mol. The minimum atomic E-state index is -0.820. The first kappa shape index (κ1) is 11.1. The topological polar surface area (TPSA) is 87.2 Å². The molecular formula is C11H15N3O2. The highest BCUT2D eigenvalue weighted by molar-refractivity contribution is 6.37. The molecule has 1 aliphatic carbocycles. The van der Waals surface area contributed by atoms with Gasteiger partial charge >= 0.3 is 0 Å². The predicted molar refractivity (Wildman–Crippen MR) is 56.0 cm³/mol. The van der Waals surface area contributed by atoms with Gasteiger partial charge in [0.15, 0.2) is 0 Å². The third-order valence-electron chi connectivity index (χ3n) is 3.52. The number of carbonyl (C=O) groups excluding carboxylic acids is 2. The third kappa shape index (κ3) is 2.07. The lowest BCUT2D eigenvalue weighted by Crippen LogP contribution is -2.37. The lowest BCUT2D eigenvalue weighted by atomic mass is 9.98. The van der Waals surface area contributed by atoms with Gasteiger partial charge in [-0.2, -0.15) is 5.26 Å². The molecule has 1 saturated heterocycles. The first-order valence-electron chi connectivity index (χ1n) is 5.60. The number of carbonyl (C=O) groups is 2. The molecule has 5 nitrogen and oxygen atoms in total. The van der Waals surface area contributed by atoms with Crippen molar-refractivity contribution in [3.63, 3.8) is 0 Å². The Morgan fingerprint density at radius 1 is 1.31 bits per heavy atom. The van der Waals surface area contributed by atoms with Gasteiger partial charge in [0.1, 0.15) is 0 Å². The van der Waals surface area contributed by atoms with Gasteiger partial charge < -0.3 is 5.73 Å². The summed E-state index contributed by atoms with van der Waals surface area (Å²) in [5.74, 6) is -1.29. The minimum Gasteiger partial charge on any atom is -0.363 e. The fourth-order valence-electron chi connectivity index (χ4n) is 2.41. The summed E-state index contributed by atoms with van der Waals surface area (Å²) >= 11 is 0. The van der Waals surface area contributed by atoms with E-state index in [2.05, 4.69) is 11.0 Å². The Balaban J connectivity index is 1.83. The quantitative estimate of drug-likeness (QED) is 0.661. The summed E-state index contributed by atoms with van der Waals surface area (Å²) in [4.78, 5) is 24.3. The van der Waals surface area contributed by atoms with E-state index in [-0.39, 0.29) is 17.9 Å². The number of Topliss-reactive ketones (excluding diaryl/α,β-unsaturated/α-hetero) is 1. The Hall–Kier alpha value is -1.41. The van der Waals surface area contributed by atoms with E-state index in [1.165, 1.54) is 0 Å². The lowest BCUT2D eigenvalue weighted by Gasteiger charge is -2.29. The van der Waals surface area contributed by atoms with Crippen LogP contribution in [0.3, 0.4) is 0 Å². The average Bonchev–Trinajstić information content (AvgIpc) is 3.08. The van der Waals surface area contributed by atoms with Crippen LogP contribution >= 0.6 is 0 Å². The Bertz CT molecular complexity index is 353. The van der Waals surface area contributed by atoms with Crippen LogP contribution in [0.1, 0.15) is 19.3 Å². The highest BCUT2D eigenvalue weighted by Crippen LogP contribution is 2.38. The molecule has 0 aromatic heterocycles. The molecule has 1 amide bonds. The van der Waals surface area contributed by atoms with Crippen LogP contribution < -0.4 is 5.73 Å². The first-order chi connectivity index (χ1) is 7.63. The second-order valence-corrected chi connectivity index (χ2v) is 4.58. The molecular weight excluding hydrogens is 206 g/mol. The zero-order valence-corrected chi connectivity index (χ0v) is 9.06. The third-order valence-corrected chi connectivity index (χ3v) is 3.52. The van der Waals surface area contributed by atoms with E-state index in [9.17, 15) is 9.59 Å². The van der Waals surface area contributed by atoms with E-state index < -0.39 is 11.7 Å². The normalized spacial score (nSPS) is 30.7. The molecule has 2 atom stereocenters. The van der Waals surface area contributed by atoms with Crippen molar-refractivity contribution in [2.24, 2.45) is 17.6 Å². The Morgan fingerprint density at radius 2 is 1.94 bits per heavy atom. The van der Waals surface area contributed by atoms with Crippen LogP contribution in [-0.2, 0) is 9.59 Å². The predicted octanol–water partition coefficient (Wildman–Crippen LogP) is -0.335. The number of rotatable bonds is 3. The number of amides is 1. The molecule has 0 aromatic rings. The SMILES string of the molecule is N#CC1CCN([C@@H]2C[C@H]2C(=O)C(N)=O)CC1. The van der Waals surface area contributed by atoms with Crippen molar-refractivity contribution >= 4 is 11.7 Å². The maximum absolute atomic E-state index is 11.3. The van der Waals surface area contributed by atoms with Crippen molar-refractivity contribution in [1.29, 1.82) is 5.26 Å².